The zero-order valence-corrected chi connectivity index (χ0v) is 23.0. The van der Waals surface area contributed by atoms with Gasteiger partial charge in [0, 0.05) is 0 Å². The van der Waals surface area contributed by atoms with E-state index in [1.165, 1.54) is 48.9 Å². The van der Waals surface area contributed by atoms with Crippen molar-refractivity contribution >= 4 is 23.6 Å². The molecule has 0 spiro atoms. The standard InChI is InChI=1S/C35H32OSi/c1-35(2,3)37(29-21-18-27(19-22-29)25-12-7-5-8-13-25)33-23-20-28(26-14-9-6-10-15-26)24-31(33)30-16-11-17-32(36-4)34(30)37/h5-24H,1-4H3/t37-/m1/s1. The Morgan fingerprint density at radius 2 is 1.11 bits per heavy atom. The average molecular weight is 497 g/mol. The van der Waals surface area contributed by atoms with Gasteiger partial charge in [0.05, 0.1) is 7.11 Å². The van der Waals surface area contributed by atoms with Crippen molar-refractivity contribution in [3.05, 3.63) is 121 Å². The molecular formula is C35H32OSi. The van der Waals surface area contributed by atoms with Gasteiger partial charge in [-0.15, -0.1) is 0 Å². The van der Waals surface area contributed by atoms with Crippen molar-refractivity contribution in [1.82, 2.24) is 0 Å². The smallest absolute Gasteiger partial charge is 0.159 e. The number of ether oxygens (including phenoxy) is 1. The third-order valence-corrected chi connectivity index (χ3v) is 14.0. The van der Waals surface area contributed by atoms with Crippen LogP contribution in [0.25, 0.3) is 33.4 Å². The fraction of sp³-hybridized carbons (Fsp3) is 0.143. The van der Waals surface area contributed by atoms with Crippen LogP contribution in [0.15, 0.2) is 121 Å². The van der Waals surface area contributed by atoms with Crippen LogP contribution in [-0.4, -0.2) is 15.2 Å². The zero-order valence-electron chi connectivity index (χ0n) is 22.0. The second-order valence-corrected chi connectivity index (χ2v) is 15.6. The van der Waals surface area contributed by atoms with E-state index in [9.17, 15) is 0 Å². The van der Waals surface area contributed by atoms with Crippen LogP contribution in [-0.2, 0) is 0 Å². The Bertz CT molecular complexity index is 1560. The maximum absolute atomic E-state index is 6.10. The van der Waals surface area contributed by atoms with Crippen LogP contribution in [0.1, 0.15) is 20.8 Å². The van der Waals surface area contributed by atoms with Gasteiger partial charge in [0.2, 0.25) is 0 Å². The highest BCUT2D eigenvalue weighted by Crippen LogP contribution is 2.45. The van der Waals surface area contributed by atoms with Crippen LogP contribution in [0.4, 0.5) is 0 Å². The second kappa shape index (κ2) is 8.90. The summed E-state index contributed by atoms with van der Waals surface area (Å²) in [4.78, 5) is 0. The molecule has 0 N–H and O–H groups in total. The summed E-state index contributed by atoms with van der Waals surface area (Å²) in [7, 11) is -0.676. The molecule has 0 saturated heterocycles. The lowest BCUT2D eigenvalue weighted by molar-refractivity contribution is 0.418. The van der Waals surface area contributed by atoms with Gasteiger partial charge in [0.15, 0.2) is 8.07 Å². The van der Waals surface area contributed by atoms with Crippen molar-refractivity contribution in [1.29, 1.82) is 0 Å². The highest BCUT2D eigenvalue weighted by molar-refractivity contribution is 7.16. The first-order valence-corrected chi connectivity index (χ1v) is 15.0. The molecule has 0 bridgehead atoms. The molecular weight excluding hydrogens is 464 g/mol. The minimum absolute atomic E-state index is 0.0180. The summed E-state index contributed by atoms with van der Waals surface area (Å²) in [5.41, 5.74) is 7.67. The molecule has 1 aliphatic rings. The SMILES string of the molecule is COc1cccc2c1[Si@](c1ccc(-c3ccccc3)cc1)(C(C)(C)C)c1ccc(-c3ccccc3)cc1-2. The van der Waals surface area contributed by atoms with E-state index >= 15 is 0 Å². The molecule has 1 heterocycles. The largest absolute Gasteiger partial charge is 0.497 e. The van der Waals surface area contributed by atoms with E-state index in [4.69, 9.17) is 4.74 Å². The summed E-state index contributed by atoms with van der Waals surface area (Å²) >= 11 is 0. The fourth-order valence-electron chi connectivity index (χ4n) is 6.41. The number of rotatable bonds is 4. The van der Waals surface area contributed by atoms with Crippen molar-refractivity contribution in [2.75, 3.05) is 7.11 Å². The first kappa shape index (κ1) is 23.5. The van der Waals surface area contributed by atoms with Crippen LogP contribution in [0.2, 0.25) is 5.04 Å². The molecule has 6 rings (SSSR count). The Morgan fingerprint density at radius 3 is 1.70 bits per heavy atom. The molecule has 1 aliphatic heterocycles. The Morgan fingerprint density at radius 1 is 0.541 bits per heavy atom. The highest BCUT2D eigenvalue weighted by atomic mass is 28.3. The van der Waals surface area contributed by atoms with E-state index in [0.717, 1.165) is 5.75 Å². The van der Waals surface area contributed by atoms with Crippen LogP contribution in [0.3, 0.4) is 0 Å². The molecule has 0 saturated carbocycles. The molecule has 2 heteroatoms. The van der Waals surface area contributed by atoms with E-state index in [1.54, 1.807) is 0 Å². The van der Waals surface area contributed by atoms with Crippen LogP contribution in [0.5, 0.6) is 5.75 Å². The molecule has 5 aromatic rings. The van der Waals surface area contributed by atoms with Gasteiger partial charge in [-0.1, -0.05) is 130 Å². The first-order valence-electron chi connectivity index (χ1n) is 13.0. The van der Waals surface area contributed by atoms with Crippen LogP contribution >= 0.6 is 0 Å². The topological polar surface area (TPSA) is 9.23 Å². The minimum atomic E-state index is -2.49. The number of hydrogen-bond donors (Lipinski definition) is 0. The van der Waals surface area contributed by atoms with E-state index in [0.29, 0.717) is 0 Å². The molecule has 5 aromatic carbocycles. The van der Waals surface area contributed by atoms with Gasteiger partial charge in [-0.2, -0.15) is 0 Å². The van der Waals surface area contributed by atoms with Crippen LogP contribution < -0.4 is 20.3 Å². The Hall–Kier alpha value is -3.88. The molecule has 182 valence electrons. The van der Waals surface area contributed by atoms with Gasteiger partial charge in [-0.25, -0.2) is 0 Å². The minimum Gasteiger partial charge on any atom is -0.497 e. The van der Waals surface area contributed by atoms with Gasteiger partial charge in [0.25, 0.3) is 0 Å². The highest BCUT2D eigenvalue weighted by Gasteiger charge is 2.56. The molecule has 0 unspecified atom stereocenters. The third kappa shape index (κ3) is 3.59. The second-order valence-electron chi connectivity index (χ2n) is 11.0. The van der Waals surface area contributed by atoms with Gasteiger partial charge in [-0.3, -0.25) is 0 Å². The lowest BCUT2D eigenvalue weighted by Gasteiger charge is -2.43. The zero-order chi connectivity index (χ0) is 25.6. The molecule has 37 heavy (non-hydrogen) atoms. The fourth-order valence-corrected chi connectivity index (χ4v) is 12.5. The summed E-state index contributed by atoms with van der Waals surface area (Å²) in [6.07, 6.45) is 0. The maximum atomic E-state index is 6.10. The molecule has 0 fully saturated rings. The number of methoxy groups -OCH3 is 1. The molecule has 1 atom stereocenters. The maximum Gasteiger partial charge on any atom is 0.159 e. The monoisotopic (exact) mass is 496 g/mol. The summed E-state index contributed by atoms with van der Waals surface area (Å²) in [5.74, 6) is 1.00. The molecule has 0 radical (unpaired) electrons. The Kier molecular flexibility index (Phi) is 5.65. The Labute approximate surface area is 221 Å². The van der Waals surface area contributed by atoms with E-state index in [1.807, 2.05) is 7.11 Å². The van der Waals surface area contributed by atoms with Crippen LogP contribution in [0, 0.1) is 0 Å². The lowest BCUT2D eigenvalue weighted by Crippen LogP contribution is -2.70. The molecule has 0 amide bonds. The van der Waals surface area contributed by atoms with E-state index < -0.39 is 8.07 Å². The normalized spacial score (nSPS) is 16.2. The number of hydrogen-bond acceptors (Lipinski definition) is 1. The average Bonchev–Trinajstić information content (AvgIpc) is 3.25. The molecule has 1 nitrogen and oxygen atoms in total. The van der Waals surface area contributed by atoms with E-state index in [-0.39, 0.29) is 5.04 Å². The number of fused-ring (bicyclic) bond motifs is 3. The molecule has 0 aromatic heterocycles. The predicted octanol–water partition coefficient (Wildman–Crippen LogP) is 7.28. The van der Waals surface area contributed by atoms with Gasteiger partial charge in [-0.05, 0) is 66.1 Å². The number of benzene rings is 5. The van der Waals surface area contributed by atoms with Crippen molar-refractivity contribution in [3.8, 4) is 39.1 Å². The van der Waals surface area contributed by atoms with E-state index in [2.05, 4.69) is 142 Å². The first-order chi connectivity index (χ1) is 17.9. The van der Waals surface area contributed by atoms with Crippen molar-refractivity contribution in [2.45, 2.75) is 25.8 Å². The quantitative estimate of drug-likeness (QED) is 0.238. The van der Waals surface area contributed by atoms with Crippen molar-refractivity contribution in [2.24, 2.45) is 0 Å². The van der Waals surface area contributed by atoms with Gasteiger partial charge >= 0.3 is 0 Å². The lowest BCUT2D eigenvalue weighted by atomic mass is 9.99. The predicted molar refractivity (Wildman–Crippen MR) is 160 cm³/mol. The third-order valence-electron chi connectivity index (χ3n) is 7.99. The summed E-state index contributed by atoms with van der Waals surface area (Å²) in [6, 6.07) is 44.4. The van der Waals surface area contributed by atoms with Gasteiger partial charge in [0.1, 0.15) is 5.75 Å². The summed E-state index contributed by atoms with van der Waals surface area (Å²) in [6.45, 7) is 7.25. The molecule has 0 aliphatic carbocycles. The Balaban J connectivity index is 1.64. The van der Waals surface area contributed by atoms with Gasteiger partial charge < -0.3 is 4.74 Å². The van der Waals surface area contributed by atoms with Crippen molar-refractivity contribution in [3.63, 3.8) is 0 Å². The van der Waals surface area contributed by atoms with Crippen molar-refractivity contribution < 1.29 is 4.74 Å². The summed E-state index contributed by atoms with van der Waals surface area (Å²) < 4.78 is 6.10. The summed E-state index contributed by atoms with van der Waals surface area (Å²) in [5, 5.41) is 4.32.